The molecule has 21 heavy (non-hydrogen) atoms. The number of carbonyl (C=O) groups excluding carboxylic acids is 1. The molecule has 1 aromatic carbocycles. The summed E-state index contributed by atoms with van der Waals surface area (Å²) in [6, 6.07) is 4.01. The van der Waals surface area contributed by atoms with Gasteiger partial charge >= 0.3 is 0 Å². The molecule has 2 rings (SSSR count). The Balaban J connectivity index is 1.95. The van der Waals surface area contributed by atoms with Crippen molar-refractivity contribution in [3.63, 3.8) is 0 Å². The Hall–Kier alpha value is -1.17. The van der Waals surface area contributed by atoms with Gasteiger partial charge in [-0.15, -0.1) is 0 Å². The van der Waals surface area contributed by atoms with Crippen molar-refractivity contribution in [1.82, 2.24) is 9.80 Å². The van der Waals surface area contributed by atoms with Crippen molar-refractivity contribution in [3.05, 3.63) is 34.6 Å². The Labute approximate surface area is 129 Å². The monoisotopic (exact) mass is 314 g/mol. The van der Waals surface area contributed by atoms with E-state index in [1.54, 1.807) is 4.90 Å². The van der Waals surface area contributed by atoms with Crippen LogP contribution in [0.5, 0.6) is 0 Å². The molecule has 1 heterocycles. The van der Waals surface area contributed by atoms with Crippen LogP contribution in [0.15, 0.2) is 18.2 Å². The number of β-amino-alcohol motifs (C(OH)–C–C–N with tert-alkyl or cyclic N) is 1. The summed E-state index contributed by atoms with van der Waals surface area (Å²) in [6.45, 7) is 4.98. The fourth-order valence-electron chi connectivity index (χ4n) is 2.39. The topological polar surface area (TPSA) is 43.8 Å². The molecule has 1 aliphatic heterocycles. The molecule has 1 amide bonds. The number of aliphatic hydroxyl groups excluding tert-OH is 1. The van der Waals surface area contributed by atoms with Crippen molar-refractivity contribution in [3.8, 4) is 0 Å². The minimum absolute atomic E-state index is 0.0181. The first-order chi connectivity index (χ1) is 10.0. The van der Waals surface area contributed by atoms with Crippen LogP contribution in [0.1, 0.15) is 23.7 Å². The van der Waals surface area contributed by atoms with Gasteiger partial charge in [-0.05, 0) is 24.6 Å². The molecule has 0 unspecified atom stereocenters. The summed E-state index contributed by atoms with van der Waals surface area (Å²) in [4.78, 5) is 16.1. The Kier molecular flexibility index (Phi) is 5.56. The predicted octanol–water partition coefficient (Wildman–Crippen LogP) is 2.01. The Bertz CT molecular complexity index is 504. The van der Waals surface area contributed by atoms with Crippen LogP contribution in [0, 0.1) is 5.82 Å². The molecule has 1 fully saturated rings. The SMILES string of the molecule is CC[C@@H](O)CN1CCN(C(=O)c2cc(Cl)ccc2F)CC1. The van der Waals surface area contributed by atoms with Crippen LogP contribution >= 0.6 is 11.6 Å². The molecule has 1 aliphatic rings. The fourth-order valence-corrected chi connectivity index (χ4v) is 2.56. The van der Waals surface area contributed by atoms with E-state index in [4.69, 9.17) is 11.6 Å². The number of piperazine rings is 1. The highest BCUT2D eigenvalue weighted by Gasteiger charge is 2.24. The highest BCUT2D eigenvalue weighted by atomic mass is 35.5. The Morgan fingerprint density at radius 3 is 2.67 bits per heavy atom. The van der Waals surface area contributed by atoms with Crippen molar-refractivity contribution in [2.45, 2.75) is 19.4 Å². The zero-order valence-electron chi connectivity index (χ0n) is 12.1. The van der Waals surface area contributed by atoms with Gasteiger partial charge in [-0.25, -0.2) is 4.39 Å². The molecule has 4 nitrogen and oxygen atoms in total. The minimum Gasteiger partial charge on any atom is -0.392 e. The molecule has 0 aromatic heterocycles. The average Bonchev–Trinajstić information content (AvgIpc) is 2.49. The summed E-state index contributed by atoms with van der Waals surface area (Å²) in [5.74, 6) is -0.876. The molecule has 1 saturated heterocycles. The third kappa shape index (κ3) is 4.15. The maximum Gasteiger partial charge on any atom is 0.256 e. The first-order valence-corrected chi connectivity index (χ1v) is 7.53. The maximum absolute atomic E-state index is 13.7. The van der Waals surface area contributed by atoms with Gasteiger partial charge in [0.1, 0.15) is 5.82 Å². The predicted molar refractivity (Wildman–Crippen MR) is 80.1 cm³/mol. The zero-order valence-corrected chi connectivity index (χ0v) is 12.8. The van der Waals surface area contributed by atoms with Crippen LogP contribution in [0.3, 0.4) is 0 Å². The lowest BCUT2D eigenvalue weighted by molar-refractivity contribution is 0.0520. The van der Waals surface area contributed by atoms with E-state index in [0.717, 1.165) is 0 Å². The molecular formula is C15H20ClFN2O2. The van der Waals surface area contributed by atoms with Crippen molar-refractivity contribution in [2.75, 3.05) is 32.7 Å². The molecule has 1 atom stereocenters. The van der Waals surface area contributed by atoms with Crippen LogP contribution in [-0.4, -0.2) is 59.6 Å². The van der Waals surface area contributed by atoms with Gasteiger partial charge in [-0.3, -0.25) is 9.69 Å². The Morgan fingerprint density at radius 1 is 1.38 bits per heavy atom. The normalized spacial score (nSPS) is 17.8. The standard InChI is InChI=1S/C15H20ClFN2O2/c1-2-12(20)10-18-5-7-19(8-6-18)15(21)13-9-11(16)3-4-14(13)17/h3-4,9,12,20H,2,5-8,10H2,1H3/t12-/m1/s1. The highest BCUT2D eigenvalue weighted by molar-refractivity contribution is 6.31. The number of rotatable bonds is 4. The van der Waals surface area contributed by atoms with Gasteiger partial charge in [0.25, 0.3) is 5.91 Å². The summed E-state index contributed by atoms with van der Waals surface area (Å²) < 4.78 is 13.7. The maximum atomic E-state index is 13.7. The van der Waals surface area contributed by atoms with Crippen LogP contribution in [-0.2, 0) is 0 Å². The number of hydrogen-bond donors (Lipinski definition) is 1. The number of amides is 1. The zero-order chi connectivity index (χ0) is 15.4. The average molecular weight is 315 g/mol. The summed E-state index contributed by atoms with van der Waals surface area (Å²) in [5, 5.41) is 10.00. The van der Waals surface area contributed by atoms with Gasteiger partial charge < -0.3 is 10.0 Å². The fraction of sp³-hybridized carbons (Fsp3) is 0.533. The molecule has 116 valence electrons. The van der Waals surface area contributed by atoms with Gasteiger partial charge in [-0.1, -0.05) is 18.5 Å². The van der Waals surface area contributed by atoms with E-state index in [9.17, 15) is 14.3 Å². The highest BCUT2D eigenvalue weighted by Crippen LogP contribution is 2.17. The molecule has 1 aromatic rings. The molecule has 0 bridgehead atoms. The van der Waals surface area contributed by atoms with Crippen molar-refractivity contribution in [1.29, 1.82) is 0 Å². The second-order valence-corrected chi connectivity index (χ2v) is 5.72. The first kappa shape index (κ1) is 16.2. The number of halogens is 2. The van der Waals surface area contributed by atoms with Crippen LogP contribution < -0.4 is 0 Å². The number of aliphatic hydroxyl groups is 1. The molecule has 1 N–H and O–H groups in total. The van der Waals surface area contributed by atoms with Gasteiger partial charge in [0.15, 0.2) is 0 Å². The van der Waals surface area contributed by atoms with Crippen LogP contribution in [0.2, 0.25) is 5.02 Å². The van der Waals surface area contributed by atoms with E-state index in [1.165, 1.54) is 18.2 Å². The largest absolute Gasteiger partial charge is 0.392 e. The quantitative estimate of drug-likeness (QED) is 0.924. The summed E-state index contributed by atoms with van der Waals surface area (Å²) in [7, 11) is 0. The summed E-state index contributed by atoms with van der Waals surface area (Å²) >= 11 is 5.82. The summed E-state index contributed by atoms with van der Waals surface area (Å²) in [5.41, 5.74) is 0.0181. The molecule has 0 spiro atoms. The summed E-state index contributed by atoms with van der Waals surface area (Å²) in [6.07, 6.45) is 0.380. The lowest BCUT2D eigenvalue weighted by atomic mass is 10.1. The van der Waals surface area contributed by atoms with E-state index in [-0.39, 0.29) is 17.6 Å². The molecule has 0 aliphatic carbocycles. The van der Waals surface area contributed by atoms with E-state index in [0.29, 0.717) is 44.2 Å². The van der Waals surface area contributed by atoms with Crippen molar-refractivity contribution < 1.29 is 14.3 Å². The van der Waals surface area contributed by atoms with E-state index in [1.807, 2.05) is 6.92 Å². The number of carbonyl (C=O) groups is 1. The third-order valence-corrected chi connectivity index (χ3v) is 3.99. The second kappa shape index (κ2) is 7.20. The smallest absolute Gasteiger partial charge is 0.256 e. The number of benzene rings is 1. The second-order valence-electron chi connectivity index (χ2n) is 5.28. The van der Waals surface area contributed by atoms with Gasteiger partial charge in [0.05, 0.1) is 11.7 Å². The van der Waals surface area contributed by atoms with E-state index < -0.39 is 5.82 Å². The van der Waals surface area contributed by atoms with Crippen molar-refractivity contribution in [2.24, 2.45) is 0 Å². The number of nitrogens with zero attached hydrogens (tertiary/aromatic N) is 2. The van der Waals surface area contributed by atoms with Gasteiger partial charge in [0.2, 0.25) is 0 Å². The van der Waals surface area contributed by atoms with Crippen molar-refractivity contribution >= 4 is 17.5 Å². The lowest BCUT2D eigenvalue weighted by Crippen LogP contribution is -2.50. The third-order valence-electron chi connectivity index (χ3n) is 3.76. The van der Waals surface area contributed by atoms with Crippen LogP contribution in [0.4, 0.5) is 4.39 Å². The lowest BCUT2D eigenvalue weighted by Gasteiger charge is -2.35. The van der Waals surface area contributed by atoms with E-state index in [2.05, 4.69) is 4.90 Å². The minimum atomic E-state index is -0.548. The molecule has 6 heteroatoms. The van der Waals surface area contributed by atoms with Gasteiger partial charge in [-0.2, -0.15) is 0 Å². The molecular weight excluding hydrogens is 295 g/mol. The Morgan fingerprint density at radius 2 is 2.05 bits per heavy atom. The first-order valence-electron chi connectivity index (χ1n) is 7.16. The van der Waals surface area contributed by atoms with E-state index >= 15 is 0 Å². The van der Waals surface area contributed by atoms with Gasteiger partial charge in [0, 0.05) is 37.7 Å². The molecule has 0 saturated carbocycles. The molecule has 0 radical (unpaired) electrons. The van der Waals surface area contributed by atoms with Crippen LogP contribution in [0.25, 0.3) is 0 Å². The number of hydrogen-bond acceptors (Lipinski definition) is 3.